The van der Waals surface area contributed by atoms with Crippen LogP contribution >= 0.6 is 12.4 Å². The molecule has 6 heteroatoms. The summed E-state index contributed by atoms with van der Waals surface area (Å²) in [7, 11) is 0. The van der Waals surface area contributed by atoms with E-state index >= 15 is 0 Å². The monoisotopic (exact) mass is 379 g/mol. The normalized spacial score (nSPS) is 28.8. The first-order valence-corrected chi connectivity index (χ1v) is 9.36. The molecule has 1 aromatic rings. The van der Waals surface area contributed by atoms with Crippen LogP contribution in [-0.2, 0) is 4.79 Å². The standard InChI is InChI=1S/C20H29N3O2.ClH/c1-15-13-21-11-9-17(15)22-19(25)20(2)10-6-12-23(14-20)18(24)16-7-4-3-5-8-16;/h3-5,7-8,15,17,21H,6,9-14H2,1-2H3,(H,22,25);1H. The lowest BCUT2D eigenvalue weighted by molar-refractivity contribution is -0.133. The van der Waals surface area contributed by atoms with Gasteiger partial charge < -0.3 is 15.5 Å². The summed E-state index contributed by atoms with van der Waals surface area (Å²) in [5.41, 5.74) is 0.187. The van der Waals surface area contributed by atoms with Crippen molar-refractivity contribution in [1.82, 2.24) is 15.5 Å². The molecule has 5 nitrogen and oxygen atoms in total. The second-order valence-electron chi connectivity index (χ2n) is 7.81. The van der Waals surface area contributed by atoms with Crippen LogP contribution in [0.2, 0.25) is 0 Å². The second-order valence-corrected chi connectivity index (χ2v) is 7.81. The lowest BCUT2D eigenvalue weighted by Crippen LogP contribution is -2.56. The van der Waals surface area contributed by atoms with Crippen molar-refractivity contribution in [2.45, 2.75) is 39.2 Å². The summed E-state index contributed by atoms with van der Waals surface area (Å²) in [6.07, 6.45) is 2.66. The molecule has 0 spiro atoms. The lowest BCUT2D eigenvalue weighted by Gasteiger charge is -2.41. The maximum atomic E-state index is 13.0. The maximum Gasteiger partial charge on any atom is 0.253 e. The molecule has 26 heavy (non-hydrogen) atoms. The van der Waals surface area contributed by atoms with Crippen LogP contribution in [-0.4, -0.2) is 48.9 Å². The molecule has 0 bridgehead atoms. The third kappa shape index (κ3) is 4.57. The number of rotatable bonds is 3. The van der Waals surface area contributed by atoms with Gasteiger partial charge in [0, 0.05) is 24.7 Å². The molecule has 2 aliphatic heterocycles. The number of likely N-dealkylation sites (tertiary alicyclic amines) is 1. The van der Waals surface area contributed by atoms with Gasteiger partial charge in [0.2, 0.25) is 5.91 Å². The van der Waals surface area contributed by atoms with E-state index < -0.39 is 5.41 Å². The quantitative estimate of drug-likeness (QED) is 0.848. The molecule has 2 amide bonds. The van der Waals surface area contributed by atoms with E-state index in [9.17, 15) is 9.59 Å². The first-order chi connectivity index (χ1) is 12.0. The van der Waals surface area contributed by atoms with Gasteiger partial charge in [-0.1, -0.05) is 25.1 Å². The van der Waals surface area contributed by atoms with E-state index in [2.05, 4.69) is 17.6 Å². The van der Waals surface area contributed by atoms with Gasteiger partial charge in [-0.05, 0) is 57.3 Å². The zero-order chi connectivity index (χ0) is 17.9. The van der Waals surface area contributed by atoms with Gasteiger partial charge >= 0.3 is 0 Å². The van der Waals surface area contributed by atoms with Crippen molar-refractivity contribution in [2.24, 2.45) is 11.3 Å². The minimum Gasteiger partial charge on any atom is -0.352 e. The van der Waals surface area contributed by atoms with E-state index in [4.69, 9.17) is 0 Å². The molecule has 3 rings (SSSR count). The summed E-state index contributed by atoms with van der Waals surface area (Å²) >= 11 is 0. The number of piperidine rings is 2. The van der Waals surface area contributed by atoms with E-state index in [1.807, 2.05) is 42.2 Å². The minimum atomic E-state index is -0.507. The van der Waals surface area contributed by atoms with Crippen molar-refractivity contribution in [2.75, 3.05) is 26.2 Å². The fourth-order valence-corrected chi connectivity index (χ4v) is 3.93. The summed E-state index contributed by atoms with van der Waals surface area (Å²) in [5.74, 6) is 0.554. The number of nitrogens with one attached hydrogen (secondary N) is 2. The van der Waals surface area contributed by atoms with Crippen LogP contribution in [0.3, 0.4) is 0 Å². The predicted molar refractivity (Wildman–Crippen MR) is 106 cm³/mol. The van der Waals surface area contributed by atoms with Crippen LogP contribution in [0.15, 0.2) is 30.3 Å². The number of hydrogen-bond donors (Lipinski definition) is 2. The molecule has 3 atom stereocenters. The van der Waals surface area contributed by atoms with Crippen LogP contribution in [0.4, 0.5) is 0 Å². The molecule has 2 saturated heterocycles. The third-order valence-corrected chi connectivity index (χ3v) is 5.65. The number of halogens is 1. The largest absolute Gasteiger partial charge is 0.352 e. The highest BCUT2D eigenvalue weighted by atomic mass is 35.5. The Hall–Kier alpha value is -1.59. The molecule has 2 aliphatic rings. The van der Waals surface area contributed by atoms with Gasteiger partial charge in [-0.15, -0.1) is 12.4 Å². The van der Waals surface area contributed by atoms with Gasteiger partial charge in [0.05, 0.1) is 5.41 Å². The van der Waals surface area contributed by atoms with Crippen molar-refractivity contribution in [3.63, 3.8) is 0 Å². The van der Waals surface area contributed by atoms with Crippen LogP contribution in [0.25, 0.3) is 0 Å². The molecule has 144 valence electrons. The number of hydrogen-bond acceptors (Lipinski definition) is 3. The zero-order valence-electron chi connectivity index (χ0n) is 15.7. The molecule has 0 saturated carbocycles. The van der Waals surface area contributed by atoms with E-state index in [1.165, 1.54) is 0 Å². The number of carbonyl (C=O) groups excluding carboxylic acids is 2. The van der Waals surface area contributed by atoms with E-state index in [1.54, 1.807) is 0 Å². The number of carbonyl (C=O) groups is 2. The highest BCUT2D eigenvalue weighted by Crippen LogP contribution is 2.31. The molecule has 2 N–H and O–H groups in total. The third-order valence-electron chi connectivity index (χ3n) is 5.65. The topological polar surface area (TPSA) is 61.4 Å². The highest BCUT2D eigenvalue weighted by Gasteiger charge is 2.40. The number of nitrogens with zero attached hydrogens (tertiary/aromatic N) is 1. The summed E-state index contributed by atoms with van der Waals surface area (Å²) in [4.78, 5) is 27.5. The summed E-state index contributed by atoms with van der Waals surface area (Å²) in [6, 6.07) is 9.56. The Balaban J connectivity index is 0.00000243. The average molecular weight is 380 g/mol. The summed E-state index contributed by atoms with van der Waals surface area (Å²) in [5, 5.41) is 6.62. The molecule has 2 fully saturated rings. The van der Waals surface area contributed by atoms with Gasteiger partial charge in [-0.3, -0.25) is 9.59 Å². The van der Waals surface area contributed by atoms with E-state index in [0.29, 0.717) is 18.0 Å². The van der Waals surface area contributed by atoms with Crippen molar-refractivity contribution < 1.29 is 9.59 Å². The fraction of sp³-hybridized carbons (Fsp3) is 0.600. The van der Waals surface area contributed by atoms with Gasteiger partial charge in [0.25, 0.3) is 5.91 Å². The highest BCUT2D eigenvalue weighted by molar-refractivity contribution is 5.95. The first-order valence-electron chi connectivity index (χ1n) is 9.36. The van der Waals surface area contributed by atoms with Crippen molar-refractivity contribution in [3.8, 4) is 0 Å². The van der Waals surface area contributed by atoms with Gasteiger partial charge in [0.15, 0.2) is 0 Å². The molecular weight excluding hydrogens is 350 g/mol. The van der Waals surface area contributed by atoms with Crippen LogP contribution in [0.5, 0.6) is 0 Å². The number of amides is 2. The van der Waals surface area contributed by atoms with Gasteiger partial charge in [-0.25, -0.2) is 0 Å². The lowest BCUT2D eigenvalue weighted by atomic mass is 9.80. The smallest absolute Gasteiger partial charge is 0.253 e. The molecule has 1 aromatic carbocycles. The van der Waals surface area contributed by atoms with E-state index in [0.717, 1.165) is 38.9 Å². The van der Waals surface area contributed by atoms with Gasteiger partial charge in [-0.2, -0.15) is 0 Å². The fourth-order valence-electron chi connectivity index (χ4n) is 3.93. The van der Waals surface area contributed by atoms with Crippen LogP contribution < -0.4 is 10.6 Å². The SMILES string of the molecule is CC1CNCCC1NC(=O)C1(C)CCCN(C(=O)c2ccccc2)C1.Cl. The minimum absolute atomic E-state index is 0. The predicted octanol–water partition coefficient (Wildman–Crippen LogP) is 2.46. The average Bonchev–Trinajstić information content (AvgIpc) is 2.63. The number of benzene rings is 1. The summed E-state index contributed by atoms with van der Waals surface area (Å²) in [6.45, 7) is 7.28. The molecule has 0 aliphatic carbocycles. The Morgan fingerprint density at radius 2 is 2.00 bits per heavy atom. The molecule has 2 heterocycles. The Kier molecular flexibility index (Phi) is 7.07. The van der Waals surface area contributed by atoms with E-state index in [-0.39, 0.29) is 30.3 Å². The van der Waals surface area contributed by atoms with Crippen molar-refractivity contribution in [1.29, 1.82) is 0 Å². The first kappa shape index (κ1) is 20.7. The Labute approximate surface area is 162 Å². The summed E-state index contributed by atoms with van der Waals surface area (Å²) < 4.78 is 0. The molecule has 3 unspecified atom stereocenters. The Morgan fingerprint density at radius 3 is 2.69 bits per heavy atom. The molecule has 0 radical (unpaired) electrons. The molecule has 0 aromatic heterocycles. The maximum absolute atomic E-state index is 13.0. The molecular formula is C20H30ClN3O2. The Morgan fingerprint density at radius 1 is 1.27 bits per heavy atom. The Bertz CT molecular complexity index is 625. The van der Waals surface area contributed by atoms with Gasteiger partial charge in [0.1, 0.15) is 0 Å². The zero-order valence-corrected chi connectivity index (χ0v) is 16.5. The van der Waals surface area contributed by atoms with Crippen molar-refractivity contribution >= 4 is 24.2 Å². The van der Waals surface area contributed by atoms with Crippen molar-refractivity contribution in [3.05, 3.63) is 35.9 Å². The van der Waals surface area contributed by atoms with Crippen LogP contribution in [0.1, 0.15) is 43.5 Å². The van der Waals surface area contributed by atoms with Crippen LogP contribution in [0, 0.1) is 11.3 Å². The second kappa shape index (κ2) is 8.87.